The van der Waals surface area contributed by atoms with Gasteiger partial charge in [0.25, 0.3) is 0 Å². The van der Waals surface area contributed by atoms with Gasteiger partial charge in [-0.3, -0.25) is 4.90 Å². The van der Waals surface area contributed by atoms with Gasteiger partial charge in [0.05, 0.1) is 0 Å². The molecule has 0 saturated carbocycles. The summed E-state index contributed by atoms with van der Waals surface area (Å²) in [5.74, 6) is -0.878. The number of halogens is 3. The van der Waals surface area contributed by atoms with E-state index >= 15 is 0 Å². The molecule has 0 aromatic heterocycles. The molecule has 0 unspecified atom stereocenters. The monoisotopic (exact) mass is 346 g/mol. The number of anilines is 1. The molecule has 0 amide bonds. The highest BCUT2D eigenvalue weighted by atomic mass is 35.5. The van der Waals surface area contributed by atoms with E-state index in [-0.39, 0.29) is 18.1 Å². The maximum absolute atomic E-state index is 14.4. The second kappa shape index (κ2) is 8.24. The van der Waals surface area contributed by atoms with Gasteiger partial charge in [-0.1, -0.05) is 0 Å². The van der Waals surface area contributed by atoms with Crippen LogP contribution < -0.4 is 10.2 Å². The van der Waals surface area contributed by atoms with Crippen molar-refractivity contribution >= 4 is 18.1 Å². The third-order valence-electron chi connectivity index (χ3n) is 4.51. The first-order valence-corrected chi connectivity index (χ1v) is 7.98. The van der Waals surface area contributed by atoms with Crippen LogP contribution in [0.3, 0.4) is 0 Å². The number of hydrogen-bond donors (Lipinski definition) is 1. The van der Waals surface area contributed by atoms with Crippen LogP contribution in [-0.2, 0) is 6.54 Å². The van der Waals surface area contributed by atoms with Gasteiger partial charge in [0, 0.05) is 58.9 Å². The van der Waals surface area contributed by atoms with Crippen LogP contribution in [0, 0.1) is 11.6 Å². The first kappa shape index (κ1) is 18.4. The Balaban J connectivity index is 0.00000192. The van der Waals surface area contributed by atoms with Crippen molar-refractivity contribution in [2.45, 2.75) is 6.54 Å². The standard InChI is InChI=1S/C16H24F2N4.ClH/c1-20-6-8-21(9-7-20)12-13-10-14(17)16(15(18)11-13)22-4-2-19-3-5-22;/h10-11,19H,2-9,12H2,1H3;1H. The summed E-state index contributed by atoms with van der Waals surface area (Å²) in [5.41, 5.74) is 0.849. The van der Waals surface area contributed by atoms with E-state index in [0.29, 0.717) is 19.6 Å². The molecule has 3 rings (SSSR count). The Bertz CT molecular complexity index is 492. The molecule has 4 nitrogen and oxygen atoms in total. The minimum Gasteiger partial charge on any atom is -0.364 e. The Morgan fingerprint density at radius 1 is 0.957 bits per heavy atom. The largest absolute Gasteiger partial charge is 0.364 e. The molecule has 2 fully saturated rings. The van der Waals surface area contributed by atoms with Crippen LogP contribution in [0.25, 0.3) is 0 Å². The van der Waals surface area contributed by atoms with Gasteiger partial charge >= 0.3 is 0 Å². The van der Waals surface area contributed by atoms with Crippen LogP contribution in [0.15, 0.2) is 12.1 Å². The zero-order valence-corrected chi connectivity index (χ0v) is 14.3. The molecule has 2 aliphatic heterocycles. The van der Waals surface area contributed by atoms with E-state index in [0.717, 1.165) is 44.8 Å². The maximum Gasteiger partial charge on any atom is 0.149 e. The highest BCUT2D eigenvalue weighted by molar-refractivity contribution is 5.85. The van der Waals surface area contributed by atoms with Crippen LogP contribution in [-0.4, -0.2) is 69.2 Å². The minimum absolute atomic E-state index is 0. The number of piperazine rings is 2. The number of rotatable bonds is 3. The Kier molecular flexibility index (Phi) is 6.59. The summed E-state index contributed by atoms with van der Waals surface area (Å²) in [6, 6.07) is 3.00. The van der Waals surface area contributed by atoms with E-state index < -0.39 is 11.6 Å². The van der Waals surface area contributed by atoms with Gasteiger partial charge in [-0.05, 0) is 24.7 Å². The predicted molar refractivity (Wildman–Crippen MR) is 91.5 cm³/mol. The Morgan fingerprint density at radius 3 is 2.09 bits per heavy atom. The van der Waals surface area contributed by atoms with Crippen molar-refractivity contribution in [1.29, 1.82) is 0 Å². The van der Waals surface area contributed by atoms with Gasteiger partial charge in [0.1, 0.15) is 17.3 Å². The van der Waals surface area contributed by atoms with Crippen molar-refractivity contribution in [3.8, 4) is 0 Å². The van der Waals surface area contributed by atoms with E-state index in [1.807, 2.05) is 0 Å². The number of nitrogens with one attached hydrogen (secondary N) is 1. The summed E-state index contributed by atoms with van der Waals surface area (Å²) in [6.45, 7) is 7.33. The van der Waals surface area contributed by atoms with E-state index in [4.69, 9.17) is 0 Å². The van der Waals surface area contributed by atoms with Crippen LogP contribution in [0.5, 0.6) is 0 Å². The zero-order valence-electron chi connectivity index (χ0n) is 13.5. The van der Waals surface area contributed by atoms with Crippen LogP contribution in [0.2, 0.25) is 0 Å². The van der Waals surface area contributed by atoms with Crippen molar-refractivity contribution < 1.29 is 8.78 Å². The van der Waals surface area contributed by atoms with Gasteiger partial charge < -0.3 is 15.1 Å². The van der Waals surface area contributed by atoms with Crippen molar-refractivity contribution in [3.05, 3.63) is 29.3 Å². The van der Waals surface area contributed by atoms with Crippen molar-refractivity contribution in [1.82, 2.24) is 15.1 Å². The lowest BCUT2D eigenvalue weighted by Crippen LogP contribution is -2.44. The second-order valence-corrected chi connectivity index (χ2v) is 6.22. The highest BCUT2D eigenvalue weighted by Crippen LogP contribution is 2.26. The summed E-state index contributed by atoms with van der Waals surface area (Å²) in [6.07, 6.45) is 0. The normalized spacial score (nSPS) is 20.4. The number of nitrogens with zero attached hydrogens (tertiary/aromatic N) is 3. The SMILES string of the molecule is CN1CCN(Cc2cc(F)c(N3CCNCC3)c(F)c2)CC1.Cl. The summed E-state index contributed by atoms with van der Waals surface area (Å²) in [5, 5.41) is 3.20. The molecule has 23 heavy (non-hydrogen) atoms. The Morgan fingerprint density at radius 2 is 1.52 bits per heavy atom. The Hall–Kier alpha value is -0.950. The van der Waals surface area contributed by atoms with Crippen molar-refractivity contribution in [2.24, 2.45) is 0 Å². The molecule has 1 N–H and O–H groups in total. The van der Waals surface area contributed by atoms with Crippen LogP contribution in [0.1, 0.15) is 5.56 Å². The van der Waals surface area contributed by atoms with Gasteiger partial charge in [-0.25, -0.2) is 8.78 Å². The molecular formula is C16H25ClF2N4. The van der Waals surface area contributed by atoms with Crippen LogP contribution in [0.4, 0.5) is 14.5 Å². The summed E-state index contributed by atoms with van der Waals surface area (Å²) in [7, 11) is 2.10. The maximum atomic E-state index is 14.4. The van der Waals surface area contributed by atoms with Gasteiger partial charge in [-0.15, -0.1) is 12.4 Å². The third-order valence-corrected chi connectivity index (χ3v) is 4.51. The number of benzene rings is 1. The first-order valence-electron chi connectivity index (χ1n) is 7.98. The molecule has 0 spiro atoms. The van der Waals surface area contributed by atoms with E-state index in [9.17, 15) is 8.78 Å². The fourth-order valence-electron chi connectivity index (χ4n) is 3.16. The lowest BCUT2D eigenvalue weighted by atomic mass is 10.1. The lowest BCUT2D eigenvalue weighted by Gasteiger charge is -2.33. The molecule has 0 radical (unpaired) electrons. The minimum atomic E-state index is -0.439. The molecule has 0 aliphatic carbocycles. The average molecular weight is 347 g/mol. The zero-order chi connectivity index (χ0) is 15.5. The third kappa shape index (κ3) is 4.53. The Labute approximate surface area is 142 Å². The van der Waals surface area contributed by atoms with E-state index in [1.165, 1.54) is 12.1 Å². The molecule has 2 aliphatic rings. The van der Waals surface area contributed by atoms with E-state index in [2.05, 4.69) is 22.2 Å². The molecule has 7 heteroatoms. The fourth-order valence-corrected chi connectivity index (χ4v) is 3.16. The molecule has 1 aromatic rings. The molecule has 2 saturated heterocycles. The summed E-state index contributed by atoms with van der Waals surface area (Å²) >= 11 is 0. The summed E-state index contributed by atoms with van der Waals surface area (Å²) in [4.78, 5) is 6.31. The second-order valence-electron chi connectivity index (χ2n) is 6.22. The van der Waals surface area contributed by atoms with Crippen LogP contribution >= 0.6 is 12.4 Å². The fraction of sp³-hybridized carbons (Fsp3) is 0.625. The molecular weight excluding hydrogens is 322 g/mol. The predicted octanol–water partition coefficient (Wildman–Crippen LogP) is 1.54. The molecule has 1 aromatic carbocycles. The smallest absolute Gasteiger partial charge is 0.149 e. The molecule has 0 atom stereocenters. The van der Waals surface area contributed by atoms with Crippen molar-refractivity contribution in [2.75, 3.05) is 64.3 Å². The van der Waals surface area contributed by atoms with Crippen molar-refractivity contribution in [3.63, 3.8) is 0 Å². The van der Waals surface area contributed by atoms with E-state index in [1.54, 1.807) is 4.90 Å². The quantitative estimate of drug-likeness (QED) is 0.896. The van der Waals surface area contributed by atoms with Gasteiger partial charge in [0.15, 0.2) is 0 Å². The first-order chi connectivity index (χ1) is 10.6. The molecule has 130 valence electrons. The van der Waals surface area contributed by atoms with Gasteiger partial charge in [0.2, 0.25) is 0 Å². The number of hydrogen-bond acceptors (Lipinski definition) is 4. The van der Waals surface area contributed by atoms with Gasteiger partial charge in [-0.2, -0.15) is 0 Å². The topological polar surface area (TPSA) is 21.8 Å². The molecule has 0 bridgehead atoms. The lowest BCUT2D eigenvalue weighted by molar-refractivity contribution is 0.148. The highest BCUT2D eigenvalue weighted by Gasteiger charge is 2.21. The average Bonchev–Trinajstić information content (AvgIpc) is 2.50. The molecule has 2 heterocycles. The number of likely N-dealkylation sites (N-methyl/N-ethyl adjacent to an activating group) is 1. The summed E-state index contributed by atoms with van der Waals surface area (Å²) < 4.78 is 28.8.